The van der Waals surface area contributed by atoms with Crippen molar-refractivity contribution >= 4 is 132 Å². The van der Waals surface area contributed by atoms with Crippen molar-refractivity contribution in [2.45, 2.75) is 13.2 Å². The third kappa shape index (κ3) is 7.31. The molecule has 0 bridgehead atoms. The maximum absolute atomic E-state index is 14.7. The topological polar surface area (TPSA) is 121 Å². The van der Waals surface area contributed by atoms with Crippen molar-refractivity contribution in [1.29, 1.82) is 0 Å². The molecule has 0 amide bonds. The van der Waals surface area contributed by atoms with Crippen LogP contribution in [0.5, 0.6) is 0 Å². The second-order valence-corrected chi connectivity index (χ2v) is 20.1. The van der Waals surface area contributed by atoms with Gasteiger partial charge in [0, 0.05) is 47.5 Å². The third-order valence-corrected chi connectivity index (χ3v) is 16.0. The Hall–Kier alpha value is -8.24. The normalized spacial score (nSPS) is 13.4. The molecule has 0 radical (unpaired) electrons. The van der Waals surface area contributed by atoms with E-state index in [1.165, 1.54) is 47.8 Å². The second kappa shape index (κ2) is 16.7. The zero-order chi connectivity index (χ0) is 49.0. The Balaban J connectivity index is 1.03. The number of allylic oxidation sites excluding steroid dienone is 2. The molecule has 2 aliphatic carbocycles. The number of esters is 2. The number of halogens is 4. The van der Waals surface area contributed by atoms with Crippen molar-refractivity contribution in [3.63, 3.8) is 0 Å². The van der Waals surface area contributed by atoms with Crippen LogP contribution >= 0.6 is 34.0 Å². The number of Topliss-reactive ketones (excluding diaryl/α,β-unsaturated/α-hetero) is 4. The molecular weight excluding hydrogens is 973 g/mol. The molecule has 3 heterocycles. The van der Waals surface area contributed by atoms with Gasteiger partial charge in [0.1, 0.15) is 13.2 Å². The van der Waals surface area contributed by atoms with Crippen molar-refractivity contribution in [1.82, 2.24) is 0 Å². The minimum atomic E-state index is -1.11. The van der Waals surface area contributed by atoms with Crippen molar-refractivity contribution < 1.29 is 55.8 Å². The average Bonchev–Trinajstić information content (AvgIpc) is 4.15. The van der Waals surface area contributed by atoms with Gasteiger partial charge < -0.3 is 9.47 Å². The van der Waals surface area contributed by atoms with E-state index in [1.54, 1.807) is 60.7 Å². The average molecular weight is 999 g/mol. The number of carbonyl (C=O) groups excluding carboxylic acids is 6. The lowest BCUT2D eigenvalue weighted by Gasteiger charge is -2.12. The lowest BCUT2D eigenvalue weighted by molar-refractivity contribution is 0.0466. The molecule has 10 aromatic rings. The summed E-state index contributed by atoms with van der Waals surface area (Å²) in [6.45, 7) is -0.224. The molecule has 344 valence electrons. The number of ether oxygens (including phenoxy) is 2. The van der Waals surface area contributed by atoms with Gasteiger partial charge in [-0.15, -0.1) is 34.0 Å². The number of carbonyl (C=O) groups is 6. The highest BCUT2D eigenvalue weighted by atomic mass is 32.1. The summed E-state index contributed by atoms with van der Waals surface area (Å²) in [4.78, 5) is 85.6. The first kappa shape index (κ1) is 44.0. The van der Waals surface area contributed by atoms with Gasteiger partial charge in [0.05, 0.1) is 36.4 Å². The van der Waals surface area contributed by atoms with Crippen LogP contribution in [0.3, 0.4) is 0 Å². The minimum Gasteiger partial charge on any atom is -0.457 e. The highest BCUT2D eigenvalue weighted by Crippen LogP contribution is 2.49. The summed E-state index contributed by atoms with van der Waals surface area (Å²) in [6.07, 6.45) is 2.79. The number of hydrogen-bond donors (Lipinski definition) is 0. The summed E-state index contributed by atoms with van der Waals surface area (Å²) in [5, 5.41) is 1.53. The Morgan fingerprint density at radius 1 is 0.451 bits per heavy atom. The number of rotatable bonds is 8. The lowest BCUT2D eigenvalue weighted by atomic mass is 10.0. The first-order valence-corrected chi connectivity index (χ1v) is 24.1. The van der Waals surface area contributed by atoms with E-state index in [0.717, 1.165) is 46.9 Å². The fourth-order valence-corrected chi connectivity index (χ4v) is 12.9. The minimum absolute atomic E-state index is 0.00620. The van der Waals surface area contributed by atoms with E-state index in [-0.39, 0.29) is 89.4 Å². The van der Waals surface area contributed by atoms with Gasteiger partial charge in [-0.1, -0.05) is 60.7 Å². The number of thiophene rings is 3. The molecule has 15 heteroatoms. The third-order valence-electron chi connectivity index (χ3n) is 12.5. The van der Waals surface area contributed by atoms with Gasteiger partial charge in [0.2, 0.25) is 0 Å². The fourth-order valence-electron chi connectivity index (χ4n) is 9.13. The van der Waals surface area contributed by atoms with E-state index >= 15 is 0 Å². The van der Waals surface area contributed by atoms with E-state index < -0.39 is 58.3 Å². The summed E-state index contributed by atoms with van der Waals surface area (Å²) < 4.78 is 70.5. The van der Waals surface area contributed by atoms with Gasteiger partial charge in [0.15, 0.2) is 46.4 Å². The summed E-state index contributed by atoms with van der Waals surface area (Å²) >= 11 is 3.34. The number of ketones is 4. The summed E-state index contributed by atoms with van der Waals surface area (Å²) in [5.41, 5.74) is 1.25. The SMILES string of the molecule is O=C1C(=Cc2cc3c(C(=O)OCc4ccccc4)c4sc5cc(C=C6C(=O)c7cc8cc(F)c(F)cc8cc7C6=O)sc5c4c(C(=O)OCc4ccccc4)c3s2)C(=O)c2cc3cc(F)c(F)cc3cc21. The summed E-state index contributed by atoms with van der Waals surface area (Å²) in [7, 11) is 0. The molecule has 71 heavy (non-hydrogen) atoms. The van der Waals surface area contributed by atoms with E-state index in [4.69, 9.17) is 9.47 Å². The standard InChI is InChI=1S/C56H26F4O8S3/c57-40-15-27-11-33-34(12-28(27)16-41(40)58)49(62)38(48(33)61)20-31-19-37-45(55(65)67-23-25-7-3-1-4-8-25)54-46(47(52(37)69-31)56(66)68-24-26-9-5-2-6-10-26)53-44(71-54)22-32(70-53)21-39-50(63)35-13-29-17-42(59)43(60)18-30(29)14-36(35)51(39)64/h1-22H,23-24H2. The molecule has 0 N–H and O–H groups in total. The number of benzene rings is 7. The highest BCUT2D eigenvalue weighted by molar-refractivity contribution is 7.33. The Labute approximate surface area is 409 Å². The van der Waals surface area contributed by atoms with Crippen molar-refractivity contribution in [3.8, 4) is 0 Å². The maximum Gasteiger partial charge on any atom is 0.340 e. The van der Waals surface area contributed by atoms with Gasteiger partial charge in [-0.2, -0.15) is 0 Å². The van der Waals surface area contributed by atoms with Crippen LogP contribution in [-0.4, -0.2) is 35.1 Å². The molecule has 0 aliphatic heterocycles. The number of hydrogen-bond acceptors (Lipinski definition) is 11. The maximum atomic E-state index is 14.7. The Kier molecular flexibility index (Phi) is 10.4. The zero-order valence-corrected chi connectivity index (χ0v) is 38.6. The Bertz CT molecular complexity index is 4040. The number of fused-ring (bicyclic) bond motifs is 8. The van der Waals surface area contributed by atoms with Gasteiger partial charge in [-0.25, -0.2) is 27.2 Å². The molecule has 0 saturated heterocycles. The fraction of sp³-hybridized carbons (Fsp3) is 0.0357. The van der Waals surface area contributed by atoms with E-state index in [9.17, 15) is 46.3 Å². The van der Waals surface area contributed by atoms with Crippen LogP contribution in [0.25, 0.3) is 63.3 Å². The predicted molar refractivity (Wildman–Crippen MR) is 265 cm³/mol. The van der Waals surface area contributed by atoms with Gasteiger partial charge in [0.25, 0.3) is 0 Å². The first-order valence-electron chi connectivity index (χ1n) is 21.6. The lowest BCUT2D eigenvalue weighted by Crippen LogP contribution is -2.10. The van der Waals surface area contributed by atoms with E-state index in [2.05, 4.69) is 0 Å². The van der Waals surface area contributed by atoms with Crippen LogP contribution in [0.15, 0.2) is 132 Å². The molecule has 0 unspecified atom stereocenters. The first-order chi connectivity index (χ1) is 34.3. The molecule has 0 atom stereocenters. The Morgan fingerprint density at radius 3 is 1.28 bits per heavy atom. The van der Waals surface area contributed by atoms with E-state index in [1.807, 2.05) is 12.1 Å². The predicted octanol–water partition coefficient (Wildman–Crippen LogP) is 13.8. The molecule has 0 spiro atoms. The van der Waals surface area contributed by atoms with Gasteiger partial charge in [-0.05, 0) is 105 Å². The van der Waals surface area contributed by atoms with E-state index in [0.29, 0.717) is 40.4 Å². The summed E-state index contributed by atoms with van der Waals surface area (Å²) in [5.74, 6) is -8.43. The molecule has 0 fully saturated rings. The van der Waals surface area contributed by atoms with Crippen LogP contribution in [0.1, 0.15) is 83.0 Å². The molecule has 7 aromatic carbocycles. The summed E-state index contributed by atoms with van der Waals surface area (Å²) in [6, 6.07) is 30.5. The van der Waals surface area contributed by atoms with Crippen LogP contribution < -0.4 is 0 Å². The molecular formula is C56H26F4O8S3. The van der Waals surface area contributed by atoms with Crippen molar-refractivity contribution in [3.05, 3.63) is 210 Å². The molecule has 0 saturated carbocycles. The second-order valence-electron chi connectivity index (χ2n) is 16.9. The quantitative estimate of drug-likeness (QED) is 0.0639. The van der Waals surface area contributed by atoms with Gasteiger partial charge in [-0.3, -0.25) is 19.2 Å². The van der Waals surface area contributed by atoms with Crippen LogP contribution in [0, 0.1) is 23.3 Å². The van der Waals surface area contributed by atoms with Gasteiger partial charge >= 0.3 is 11.9 Å². The Morgan fingerprint density at radius 2 is 0.845 bits per heavy atom. The van der Waals surface area contributed by atoms with Crippen LogP contribution in [0.4, 0.5) is 17.6 Å². The monoisotopic (exact) mass is 998 g/mol. The molecule has 12 rings (SSSR count). The van der Waals surface area contributed by atoms with Crippen LogP contribution in [0.2, 0.25) is 0 Å². The largest absolute Gasteiger partial charge is 0.457 e. The van der Waals surface area contributed by atoms with Crippen molar-refractivity contribution in [2.24, 2.45) is 0 Å². The molecule has 2 aliphatic rings. The smallest absolute Gasteiger partial charge is 0.340 e. The molecule has 8 nitrogen and oxygen atoms in total. The highest BCUT2D eigenvalue weighted by Gasteiger charge is 2.37. The van der Waals surface area contributed by atoms with Crippen LogP contribution in [-0.2, 0) is 22.7 Å². The molecule has 3 aromatic heterocycles. The van der Waals surface area contributed by atoms with Crippen molar-refractivity contribution in [2.75, 3.05) is 0 Å². The zero-order valence-electron chi connectivity index (χ0n) is 36.1.